The summed E-state index contributed by atoms with van der Waals surface area (Å²) in [6.07, 6.45) is 0.0767. The van der Waals surface area contributed by atoms with Crippen LogP contribution in [0.2, 0.25) is 0 Å². The van der Waals surface area contributed by atoms with Crippen molar-refractivity contribution in [2.24, 2.45) is 0 Å². The quantitative estimate of drug-likeness (QED) is 0.679. The van der Waals surface area contributed by atoms with Crippen molar-refractivity contribution in [3.63, 3.8) is 0 Å². The van der Waals surface area contributed by atoms with Gasteiger partial charge in [-0.3, -0.25) is 4.79 Å². The van der Waals surface area contributed by atoms with Crippen molar-refractivity contribution < 1.29 is 9.90 Å². The fourth-order valence-electron chi connectivity index (χ4n) is 1.15. The lowest BCUT2D eigenvalue weighted by Gasteiger charge is -2.20. The summed E-state index contributed by atoms with van der Waals surface area (Å²) in [5, 5.41) is 15.1. The number of carboxylic acid groups (broad SMARTS) is 1. The van der Waals surface area contributed by atoms with Gasteiger partial charge in [0.15, 0.2) is 5.16 Å². The van der Waals surface area contributed by atoms with Gasteiger partial charge in [0.2, 0.25) is 11.9 Å². The van der Waals surface area contributed by atoms with Crippen LogP contribution in [0.15, 0.2) is 5.16 Å². The number of rotatable bonds is 6. The molecule has 1 aromatic rings. The minimum Gasteiger partial charge on any atom is -0.481 e. The Labute approximate surface area is 116 Å². The second-order valence-electron chi connectivity index (χ2n) is 4.88. The van der Waals surface area contributed by atoms with Gasteiger partial charge in [-0.05, 0) is 20.8 Å². The predicted molar refractivity (Wildman–Crippen MR) is 75.7 cm³/mol. The molecule has 106 valence electrons. The number of nitrogens with one attached hydrogen (secondary N) is 2. The maximum absolute atomic E-state index is 10.5. The third-order valence-electron chi connectivity index (χ3n) is 1.87. The summed E-state index contributed by atoms with van der Waals surface area (Å²) < 4.78 is 0. The Balaban J connectivity index is 2.80. The molecule has 0 saturated carbocycles. The molecular formula is C11H19N5O2S. The molecule has 0 amide bonds. The summed E-state index contributed by atoms with van der Waals surface area (Å²) in [5.41, 5.74) is -0.157. The molecule has 3 N–H and O–H groups in total. The van der Waals surface area contributed by atoms with Gasteiger partial charge in [0, 0.05) is 18.3 Å². The summed E-state index contributed by atoms with van der Waals surface area (Å²) >= 11 is 1.30. The Morgan fingerprint density at radius 3 is 2.42 bits per heavy atom. The van der Waals surface area contributed by atoms with Crippen LogP contribution in [-0.2, 0) is 4.79 Å². The molecule has 7 nitrogen and oxygen atoms in total. The molecule has 0 aromatic carbocycles. The van der Waals surface area contributed by atoms with Crippen molar-refractivity contribution in [1.29, 1.82) is 0 Å². The highest BCUT2D eigenvalue weighted by molar-refractivity contribution is 7.99. The Morgan fingerprint density at radius 2 is 1.89 bits per heavy atom. The second kappa shape index (κ2) is 6.55. The first kappa shape index (κ1) is 15.5. The lowest BCUT2D eigenvalue weighted by Crippen LogP contribution is -2.27. The van der Waals surface area contributed by atoms with Crippen LogP contribution < -0.4 is 10.6 Å². The monoisotopic (exact) mass is 285 g/mol. The third kappa shape index (κ3) is 6.23. The average molecular weight is 285 g/mol. The summed E-state index contributed by atoms with van der Waals surface area (Å²) in [6.45, 7) is 6.02. The van der Waals surface area contributed by atoms with E-state index < -0.39 is 5.97 Å². The normalized spacial score (nSPS) is 11.2. The van der Waals surface area contributed by atoms with Crippen molar-refractivity contribution >= 4 is 29.6 Å². The van der Waals surface area contributed by atoms with Crippen LogP contribution in [0.3, 0.4) is 0 Å². The molecule has 0 bridgehead atoms. The molecule has 1 heterocycles. The zero-order valence-corrected chi connectivity index (χ0v) is 12.3. The van der Waals surface area contributed by atoms with E-state index in [4.69, 9.17) is 5.11 Å². The average Bonchev–Trinajstić information content (AvgIpc) is 2.25. The summed E-state index contributed by atoms with van der Waals surface area (Å²) in [7, 11) is 1.72. The van der Waals surface area contributed by atoms with Gasteiger partial charge in [0.1, 0.15) is 0 Å². The first-order chi connectivity index (χ1) is 8.80. The van der Waals surface area contributed by atoms with Gasteiger partial charge in [0.05, 0.1) is 6.42 Å². The maximum atomic E-state index is 10.5. The van der Waals surface area contributed by atoms with Crippen LogP contribution in [0.4, 0.5) is 11.9 Å². The second-order valence-corrected chi connectivity index (χ2v) is 5.94. The smallest absolute Gasteiger partial charge is 0.304 e. The van der Waals surface area contributed by atoms with Gasteiger partial charge >= 0.3 is 5.97 Å². The number of carboxylic acids is 1. The lowest BCUT2D eigenvalue weighted by molar-refractivity contribution is -0.136. The van der Waals surface area contributed by atoms with E-state index in [1.165, 1.54) is 11.8 Å². The number of thioether (sulfide) groups is 1. The standard InChI is InChI=1S/C11H19N5O2S/c1-11(2,3)16-9-13-8(12-4)14-10(15-9)19-6-5-7(17)18/h5-6H2,1-4H3,(H,17,18)(H2,12,13,14,15,16). The van der Waals surface area contributed by atoms with Gasteiger partial charge < -0.3 is 15.7 Å². The highest BCUT2D eigenvalue weighted by Gasteiger charge is 2.13. The van der Waals surface area contributed by atoms with Crippen molar-refractivity contribution in [2.45, 2.75) is 37.9 Å². The predicted octanol–water partition coefficient (Wildman–Crippen LogP) is 1.69. The molecule has 0 aliphatic rings. The molecule has 0 saturated heterocycles. The molecule has 1 rings (SSSR count). The fraction of sp³-hybridized carbons (Fsp3) is 0.636. The first-order valence-corrected chi connectivity index (χ1v) is 6.85. The highest BCUT2D eigenvalue weighted by atomic mass is 32.2. The van der Waals surface area contributed by atoms with Crippen molar-refractivity contribution in [1.82, 2.24) is 15.0 Å². The number of aliphatic carboxylic acids is 1. The molecule has 1 aromatic heterocycles. The van der Waals surface area contributed by atoms with Crippen molar-refractivity contribution in [2.75, 3.05) is 23.4 Å². The number of anilines is 2. The fourth-order valence-corrected chi connectivity index (χ4v) is 1.92. The molecule has 19 heavy (non-hydrogen) atoms. The van der Waals surface area contributed by atoms with E-state index in [9.17, 15) is 4.79 Å². The number of nitrogens with zero attached hydrogens (tertiary/aromatic N) is 3. The molecular weight excluding hydrogens is 266 g/mol. The van der Waals surface area contributed by atoms with Crippen LogP contribution in [0.5, 0.6) is 0 Å². The highest BCUT2D eigenvalue weighted by Crippen LogP contribution is 2.19. The summed E-state index contributed by atoms with van der Waals surface area (Å²) in [4.78, 5) is 23.1. The molecule has 0 spiro atoms. The molecule has 0 aliphatic heterocycles. The van der Waals surface area contributed by atoms with E-state index in [0.29, 0.717) is 22.8 Å². The third-order valence-corrected chi connectivity index (χ3v) is 2.72. The van der Waals surface area contributed by atoms with E-state index in [-0.39, 0.29) is 12.0 Å². The number of hydrogen-bond donors (Lipinski definition) is 3. The van der Waals surface area contributed by atoms with Gasteiger partial charge in [-0.15, -0.1) is 0 Å². The molecule has 0 radical (unpaired) electrons. The number of hydrogen-bond acceptors (Lipinski definition) is 7. The van der Waals surface area contributed by atoms with Crippen LogP contribution in [-0.4, -0.2) is 44.4 Å². The summed E-state index contributed by atoms with van der Waals surface area (Å²) in [6, 6.07) is 0. The van der Waals surface area contributed by atoms with Gasteiger partial charge in [-0.2, -0.15) is 15.0 Å². The van der Waals surface area contributed by atoms with Crippen LogP contribution in [0.25, 0.3) is 0 Å². The minimum absolute atomic E-state index is 0.0767. The molecule has 8 heteroatoms. The van der Waals surface area contributed by atoms with Crippen molar-refractivity contribution in [3.05, 3.63) is 0 Å². The number of aromatic nitrogens is 3. The Hall–Kier alpha value is -1.57. The molecule has 0 fully saturated rings. The van der Waals surface area contributed by atoms with Crippen LogP contribution in [0, 0.1) is 0 Å². The van der Waals surface area contributed by atoms with Crippen LogP contribution >= 0.6 is 11.8 Å². The van der Waals surface area contributed by atoms with E-state index in [1.54, 1.807) is 7.05 Å². The topological polar surface area (TPSA) is 100 Å². The van der Waals surface area contributed by atoms with Gasteiger partial charge in [0.25, 0.3) is 0 Å². The minimum atomic E-state index is -0.830. The maximum Gasteiger partial charge on any atom is 0.304 e. The van der Waals surface area contributed by atoms with Gasteiger partial charge in [-0.25, -0.2) is 0 Å². The summed E-state index contributed by atoms with van der Waals surface area (Å²) in [5.74, 6) is 0.532. The van der Waals surface area contributed by atoms with E-state index in [0.717, 1.165) is 0 Å². The van der Waals surface area contributed by atoms with Crippen molar-refractivity contribution in [3.8, 4) is 0 Å². The number of carbonyl (C=O) groups is 1. The SMILES string of the molecule is CNc1nc(NC(C)(C)C)nc(SCCC(=O)O)n1. The molecule has 0 aliphatic carbocycles. The molecule has 0 atom stereocenters. The lowest BCUT2D eigenvalue weighted by atomic mass is 10.1. The van der Waals surface area contributed by atoms with E-state index >= 15 is 0 Å². The van der Waals surface area contributed by atoms with Crippen LogP contribution in [0.1, 0.15) is 27.2 Å². The largest absolute Gasteiger partial charge is 0.481 e. The Bertz CT molecular complexity index is 447. The molecule has 0 unspecified atom stereocenters. The zero-order valence-electron chi connectivity index (χ0n) is 11.5. The van der Waals surface area contributed by atoms with Gasteiger partial charge in [-0.1, -0.05) is 11.8 Å². The zero-order chi connectivity index (χ0) is 14.5. The van der Waals surface area contributed by atoms with E-state index in [1.807, 2.05) is 20.8 Å². The van der Waals surface area contributed by atoms with E-state index in [2.05, 4.69) is 25.6 Å². The Morgan fingerprint density at radius 1 is 1.26 bits per heavy atom. The Kier molecular flexibility index (Phi) is 5.34. The first-order valence-electron chi connectivity index (χ1n) is 5.87.